The number of likely N-dealkylation sites (N-methyl/N-ethyl adjacent to an activating group) is 1. The molecule has 7 nitrogen and oxygen atoms in total. The molecule has 2 atom stereocenters. The van der Waals surface area contributed by atoms with Gasteiger partial charge in [0.1, 0.15) is 5.69 Å². The Morgan fingerprint density at radius 3 is 2.84 bits per heavy atom. The van der Waals surface area contributed by atoms with E-state index < -0.39 is 4.92 Å². The van der Waals surface area contributed by atoms with E-state index in [1.54, 1.807) is 19.2 Å². The number of hydrogen-bond acceptors (Lipinski definition) is 5. The van der Waals surface area contributed by atoms with Crippen molar-refractivity contribution in [2.75, 3.05) is 25.6 Å². The Morgan fingerprint density at radius 1 is 1.42 bits per heavy atom. The molecule has 0 aliphatic carbocycles. The molecular formula is C12H15N3O4. The van der Waals surface area contributed by atoms with Crippen LogP contribution in [0.5, 0.6) is 0 Å². The van der Waals surface area contributed by atoms with Gasteiger partial charge in [-0.25, -0.2) is 0 Å². The van der Waals surface area contributed by atoms with Crippen molar-refractivity contribution < 1.29 is 14.5 Å². The highest BCUT2D eigenvalue weighted by atomic mass is 16.6. The van der Waals surface area contributed by atoms with Gasteiger partial charge in [0.15, 0.2) is 0 Å². The van der Waals surface area contributed by atoms with Gasteiger partial charge in [-0.1, -0.05) is 12.1 Å². The maximum Gasteiger partial charge on any atom is 0.292 e. The molecule has 1 fully saturated rings. The van der Waals surface area contributed by atoms with Gasteiger partial charge < -0.3 is 15.4 Å². The van der Waals surface area contributed by atoms with Crippen LogP contribution in [0.3, 0.4) is 0 Å². The zero-order valence-electron chi connectivity index (χ0n) is 10.5. The molecule has 0 spiro atoms. The van der Waals surface area contributed by atoms with Crippen LogP contribution < -0.4 is 10.6 Å². The summed E-state index contributed by atoms with van der Waals surface area (Å²) >= 11 is 0. The highest BCUT2D eigenvalue weighted by Crippen LogP contribution is 2.25. The molecule has 0 saturated carbocycles. The van der Waals surface area contributed by atoms with Crippen LogP contribution in [-0.4, -0.2) is 37.1 Å². The molecule has 1 saturated heterocycles. The average Bonchev–Trinajstić information content (AvgIpc) is 2.87. The van der Waals surface area contributed by atoms with Crippen molar-refractivity contribution in [3.63, 3.8) is 0 Å². The first-order valence-electron chi connectivity index (χ1n) is 5.92. The fourth-order valence-electron chi connectivity index (χ4n) is 2.06. The molecule has 2 unspecified atom stereocenters. The van der Waals surface area contributed by atoms with Gasteiger partial charge in [-0.2, -0.15) is 0 Å². The lowest BCUT2D eigenvalue weighted by Crippen LogP contribution is -2.39. The molecule has 0 radical (unpaired) electrons. The van der Waals surface area contributed by atoms with Crippen molar-refractivity contribution in [2.24, 2.45) is 5.92 Å². The van der Waals surface area contributed by atoms with Crippen molar-refractivity contribution in [1.82, 2.24) is 5.32 Å². The van der Waals surface area contributed by atoms with Gasteiger partial charge in [-0.15, -0.1) is 0 Å². The normalized spacial score (nSPS) is 22.2. The number of hydrogen-bond donors (Lipinski definition) is 2. The Hall–Kier alpha value is -1.99. The number of amides is 1. The summed E-state index contributed by atoms with van der Waals surface area (Å²) < 4.78 is 5.24. The monoisotopic (exact) mass is 265 g/mol. The van der Waals surface area contributed by atoms with Gasteiger partial charge in [0.2, 0.25) is 5.91 Å². The van der Waals surface area contributed by atoms with Crippen molar-refractivity contribution in [2.45, 2.75) is 6.04 Å². The van der Waals surface area contributed by atoms with Gasteiger partial charge in [0, 0.05) is 12.1 Å². The number of nitro benzene ring substituents is 1. The van der Waals surface area contributed by atoms with Crippen LogP contribution in [-0.2, 0) is 9.53 Å². The minimum absolute atomic E-state index is 0.0669. The smallest absolute Gasteiger partial charge is 0.292 e. The summed E-state index contributed by atoms with van der Waals surface area (Å²) in [7, 11) is 1.75. The predicted octanol–water partition coefficient (Wildman–Crippen LogP) is 0.768. The summed E-state index contributed by atoms with van der Waals surface area (Å²) in [4.78, 5) is 22.4. The Balaban J connectivity index is 2.13. The van der Waals surface area contributed by atoms with Crippen molar-refractivity contribution in [1.29, 1.82) is 0 Å². The second-order valence-electron chi connectivity index (χ2n) is 4.30. The third kappa shape index (κ3) is 2.88. The van der Waals surface area contributed by atoms with E-state index in [0.717, 1.165) is 0 Å². The molecule has 19 heavy (non-hydrogen) atoms. The second-order valence-corrected chi connectivity index (χ2v) is 4.30. The SMILES string of the molecule is CNC1COCC1C(=O)Nc1ccccc1[N+](=O)[O-]. The third-order valence-corrected chi connectivity index (χ3v) is 3.15. The van der Waals surface area contributed by atoms with E-state index >= 15 is 0 Å². The fourth-order valence-corrected chi connectivity index (χ4v) is 2.06. The van der Waals surface area contributed by atoms with E-state index in [4.69, 9.17) is 4.74 Å². The first kappa shape index (κ1) is 13.4. The lowest BCUT2D eigenvalue weighted by molar-refractivity contribution is -0.383. The van der Waals surface area contributed by atoms with Crippen LogP contribution in [0.1, 0.15) is 0 Å². The molecule has 2 rings (SSSR count). The predicted molar refractivity (Wildman–Crippen MR) is 68.9 cm³/mol. The van der Waals surface area contributed by atoms with E-state index in [0.29, 0.717) is 13.2 Å². The number of anilines is 1. The number of benzene rings is 1. The topological polar surface area (TPSA) is 93.5 Å². The fraction of sp³-hybridized carbons (Fsp3) is 0.417. The number of nitrogens with one attached hydrogen (secondary N) is 2. The van der Waals surface area contributed by atoms with Crippen molar-refractivity contribution >= 4 is 17.3 Å². The lowest BCUT2D eigenvalue weighted by Gasteiger charge is -2.16. The van der Waals surface area contributed by atoms with E-state index in [1.165, 1.54) is 12.1 Å². The summed E-state index contributed by atoms with van der Waals surface area (Å²) in [5.41, 5.74) is 0.0926. The molecule has 1 heterocycles. The quantitative estimate of drug-likeness (QED) is 0.619. The summed E-state index contributed by atoms with van der Waals surface area (Å²) in [6.07, 6.45) is 0. The molecule has 102 valence electrons. The van der Waals surface area contributed by atoms with E-state index in [-0.39, 0.29) is 29.2 Å². The molecule has 1 aliphatic rings. The van der Waals surface area contributed by atoms with Crippen LogP contribution in [0.25, 0.3) is 0 Å². The Morgan fingerprint density at radius 2 is 2.16 bits per heavy atom. The van der Waals surface area contributed by atoms with Crippen molar-refractivity contribution in [3.8, 4) is 0 Å². The Kier molecular flexibility index (Phi) is 4.08. The second kappa shape index (κ2) is 5.77. The van der Waals surface area contributed by atoms with Crippen LogP contribution >= 0.6 is 0 Å². The first-order chi connectivity index (χ1) is 9.13. The zero-order chi connectivity index (χ0) is 13.8. The van der Waals surface area contributed by atoms with Gasteiger partial charge in [0.05, 0.1) is 24.1 Å². The number of para-hydroxylation sites is 2. The zero-order valence-corrected chi connectivity index (χ0v) is 10.5. The highest BCUT2D eigenvalue weighted by molar-refractivity contribution is 5.95. The summed E-state index contributed by atoms with van der Waals surface area (Å²) in [6, 6.07) is 6.01. The molecule has 1 aliphatic heterocycles. The minimum atomic E-state index is -0.518. The summed E-state index contributed by atoms with van der Waals surface area (Å²) in [6.45, 7) is 0.781. The molecule has 1 amide bonds. The third-order valence-electron chi connectivity index (χ3n) is 3.15. The van der Waals surface area contributed by atoms with E-state index in [2.05, 4.69) is 10.6 Å². The molecular weight excluding hydrogens is 250 g/mol. The highest BCUT2D eigenvalue weighted by Gasteiger charge is 2.33. The lowest BCUT2D eigenvalue weighted by atomic mass is 10.0. The maximum atomic E-state index is 12.1. The summed E-state index contributed by atoms with van der Waals surface area (Å²) in [5.74, 6) is -0.615. The number of carbonyl (C=O) groups excluding carboxylic acids is 1. The number of ether oxygens (including phenoxy) is 1. The number of nitro groups is 1. The molecule has 0 aromatic heterocycles. The maximum absolute atomic E-state index is 12.1. The van der Waals surface area contributed by atoms with Crippen LogP contribution in [0.2, 0.25) is 0 Å². The van der Waals surface area contributed by atoms with Crippen LogP contribution in [0, 0.1) is 16.0 Å². The molecule has 0 bridgehead atoms. The molecule has 1 aromatic carbocycles. The summed E-state index contributed by atoms with van der Waals surface area (Å²) in [5, 5.41) is 16.5. The van der Waals surface area contributed by atoms with Gasteiger partial charge in [-0.05, 0) is 13.1 Å². The number of carbonyl (C=O) groups is 1. The van der Waals surface area contributed by atoms with Gasteiger partial charge >= 0.3 is 0 Å². The van der Waals surface area contributed by atoms with E-state index in [1.807, 2.05) is 0 Å². The van der Waals surface area contributed by atoms with Crippen LogP contribution in [0.15, 0.2) is 24.3 Å². The Bertz CT molecular complexity index is 492. The van der Waals surface area contributed by atoms with Gasteiger partial charge in [0.25, 0.3) is 5.69 Å². The number of nitrogens with zero attached hydrogens (tertiary/aromatic N) is 1. The standard InChI is InChI=1S/C12H15N3O4/c1-13-10-7-19-6-8(10)12(16)14-9-4-2-3-5-11(9)15(17)18/h2-5,8,10,13H,6-7H2,1H3,(H,14,16). The van der Waals surface area contributed by atoms with Gasteiger partial charge in [-0.3, -0.25) is 14.9 Å². The van der Waals surface area contributed by atoms with E-state index in [9.17, 15) is 14.9 Å². The largest absolute Gasteiger partial charge is 0.379 e. The number of rotatable bonds is 4. The van der Waals surface area contributed by atoms with Crippen molar-refractivity contribution in [3.05, 3.63) is 34.4 Å². The Labute approximate surface area is 110 Å². The average molecular weight is 265 g/mol. The molecule has 2 N–H and O–H groups in total. The molecule has 1 aromatic rings. The van der Waals surface area contributed by atoms with Crippen LogP contribution in [0.4, 0.5) is 11.4 Å². The minimum Gasteiger partial charge on any atom is -0.379 e. The molecule has 7 heteroatoms. The first-order valence-corrected chi connectivity index (χ1v) is 5.92.